The molecule has 2 saturated heterocycles. The van der Waals surface area contributed by atoms with E-state index in [1.54, 1.807) is 0 Å². The van der Waals surface area contributed by atoms with Crippen molar-refractivity contribution in [3.8, 4) is 0 Å². The molecule has 0 radical (unpaired) electrons. The molecule has 1 amide bonds. The quantitative estimate of drug-likeness (QED) is 0.697. The number of ether oxygens (including phenoxy) is 1. The lowest BCUT2D eigenvalue weighted by atomic mass is 9.94. The Morgan fingerprint density at radius 1 is 1.60 bits per heavy atom. The highest BCUT2D eigenvalue weighted by molar-refractivity contribution is 5.82. The van der Waals surface area contributed by atoms with Gasteiger partial charge in [0.2, 0.25) is 5.91 Å². The minimum Gasteiger partial charge on any atom is -0.376 e. The molecule has 2 N–H and O–H groups in total. The molecule has 0 saturated carbocycles. The van der Waals surface area contributed by atoms with Gasteiger partial charge in [-0.25, -0.2) is 0 Å². The minimum atomic E-state index is -0.179. The van der Waals surface area contributed by atoms with E-state index in [1.807, 2.05) is 6.92 Å². The lowest BCUT2D eigenvalue weighted by Gasteiger charge is -2.30. The number of amides is 1. The molecule has 0 aromatic carbocycles. The van der Waals surface area contributed by atoms with Gasteiger partial charge in [0.25, 0.3) is 0 Å². The summed E-state index contributed by atoms with van der Waals surface area (Å²) in [6.45, 7) is 5.80. The zero-order valence-corrected chi connectivity index (χ0v) is 9.51. The molecule has 2 unspecified atom stereocenters. The van der Waals surface area contributed by atoms with Crippen LogP contribution in [0.3, 0.4) is 0 Å². The van der Waals surface area contributed by atoms with Crippen molar-refractivity contribution in [3.05, 3.63) is 0 Å². The number of hydrogen-bond acceptors (Lipinski definition) is 3. The summed E-state index contributed by atoms with van der Waals surface area (Å²) in [6, 6.07) is 0.00891. The first-order valence-electron chi connectivity index (χ1n) is 5.79. The Hall–Kier alpha value is -0.610. The van der Waals surface area contributed by atoms with Crippen LogP contribution in [0, 0.1) is 0 Å². The predicted molar refractivity (Wildman–Crippen MR) is 57.6 cm³/mol. The highest BCUT2D eigenvalue weighted by Crippen LogP contribution is 2.25. The minimum absolute atomic E-state index is 0.00891. The zero-order chi connectivity index (χ0) is 10.9. The third-order valence-electron chi connectivity index (χ3n) is 3.67. The van der Waals surface area contributed by atoms with E-state index in [4.69, 9.17) is 4.74 Å². The molecule has 4 heteroatoms. The van der Waals surface area contributed by atoms with Crippen LogP contribution in [0.2, 0.25) is 0 Å². The van der Waals surface area contributed by atoms with Crippen LogP contribution in [0.25, 0.3) is 0 Å². The fourth-order valence-electron chi connectivity index (χ4n) is 2.28. The van der Waals surface area contributed by atoms with Gasteiger partial charge in [-0.2, -0.15) is 0 Å². The van der Waals surface area contributed by atoms with Gasteiger partial charge in [-0.05, 0) is 39.7 Å². The van der Waals surface area contributed by atoms with Crippen LogP contribution in [-0.4, -0.2) is 36.7 Å². The molecule has 15 heavy (non-hydrogen) atoms. The van der Waals surface area contributed by atoms with Crippen molar-refractivity contribution in [1.82, 2.24) is 10.6 Å². The highest BCUT2D eigenvalue weighted by atomic mass is 16.5. The van der Waals surface area contributed by atoms with Crippen molar-refractivity contribution < 1.29 is 9.53 Å². The molecule has 0 aromatic rings. The summed E-state index contributed by atoms with van der Waals surface area (Å²) in [6.07, 6.45) is 3.08. The molecule has 2 rings (SSSR count). The maximum absolute atomic E-state index is 11.9. The van der Waals surface area contributed by atoms with E-state index in [0.717, 1.165) is 32.4 Å². The van der Waals surface area contributed by atoms with E-state index in [9.17, 15) is 4.79 Å². The second-order valence-corrected chi connectivity index (χ2v) is 4.82. The van der Waals surface area contributed by atoms with E-state index in [0.29, 0.717) is 0 Å². The van der Waals surface area contributed by atoms with Gasteiger partial charge in [0.1, 0.15) is 0 Å². The Morgan fingerprint density at radius 3 is 2.93 bits per heavy atom. The summed E-state index contributed by atoms with van der Waals surface area (Å²) < 4.78 is 5.50. The van der Waals surface area contributed by atoms with E-state index in [-0.39, 0.29) is 23.6 Å². The Bertz CT molecular complexity index is 251. The van der Waals surface area contributed by atoms with Crippen LogP contribution in [0.5, 0.6) is 0 Å². The lowest BCUT2D eigenvalue weighted by molar-refractivity contribution is -0.125. The molecule has 4 nitrogen and oxygen atoms in total. The third kappa shape index (κ3) is 2.16. The molecular formula is C11H20N2O2. The fraction of sp³-hybridized carbons (Fsp3) is 0.909. The van der Waals surface area contributed by atoms with Crippen LogP contribution in [-0.2, 0) is 9.53 Å². The van der Waals surface area contributed by atoms with E-state index in [2.05, 4.69) is 17.6 Å². The maximum atomic E-state index is 11.9. The molecule has 86 valence electrons. The Labute approximate surface area is 90.8 Å². The second kappa shape index (κ2) is 4.10. The summed E-state index contributed by atoms with van der Waals surface area (Å²) in [4.78, 5) is 11.9. The van der Waals surface area contributed by atoms with Gasteiger partial charge in [0.05, 0.1) is 17.7 Å². The Kier molecular flexibility index (Phi) is 2.98. The first kappa shape index (κ1) is 10.9. The summed E-state index contributed by atoms with van der Waals surface area (Å²) in [7, 11) is 0. The number of hydrogen-bond donors (Lipinski definition) is 2. The monoisotopic (exact) mass is 212 g/mol. The smallest absolute Gasteiger partial charge is 0.237 e. The van der Waals surface area contributed by atoms with E-state index in [1.165, 1.54) is 0 Å². The largest absolute Gasteiger partial charge is 0.376 e. The molecule has 2 fully saturated rings. The maximum Gasteiger partial charge on any atom is 0.237 e. The molecule has 2 aliphatic rings. The fourth-order valence-corrected chi connectivity index (χ4v) is 2.28. The molecule has 0 bridgehead atoms. The summed E-state index contributed by atoms with van der Waals surface area (Å²) >= 11 is 0. The van der Waals surface area contributed by atoms with Gasteiger partial charge in [-0.15, -0.1) is 0 Å². The van der Waals surface area contributed by atoms with Crippen molar-refractivity contribution in [2.24, 2.45) is 0 Å². The molecule has 2 heterocycles. The van der Waals surface area contributed by atoms with Crippen molar-refractivity contribution in [2.45, 2.75) is 50.8 Å². The zero-order valence-electron chi connectivity index (χ0n) is 9.51. The van der Waals surface area contributed by atoms with Crippen LogP contribution >= 0.6 is 0 Å². The topological polar surface area (TPSA) is 50.4 Å². The number of rotatable bonds is 2. The van der Waals surface area contributed by atoms with Gasteiger partial charge >= 0.3 is 0 Å². The molecular weight excluding hydrogens is 192 g/mol. The van der Waals surface area contributed by atoms with E-state index < -0.39 is 0 Å². The molecule has 0 spiro atoms. The van der Waals surface area contributed by atoms with Crippen molar-refractivity contribution >= 4 is 5.91 Å². The van der Waals surface area contributed by atoms with Crippen LogP contribution in [0.4, 0.5) is 0 Å². The van der Waals surface area contributed by atoms with Crippen LogP contribution in [0.15, 0.2) is 0 Å². The highest BCUT2D eigenvalue weighted by Gasteiger charge is 2.39. The molecule has 2 aliphatic heterocycles. The molecule has 0 aliphatic carbocycles. The van der Waals surface area contributed by atoms with E-state index >= 15 is 0 Å². The summed E-state index contributed by atoms with van der Waals surface area (Å²) in [5.74, 6) is 0.132. The van der Waals surface area contributed by atoms with Gasteiger partial charge < -0.3 is 15.4 Å². The van der Waals surface area contributed by atoms with Gasteiger partial charge in [0, 0.05) is 6.61 Å². The third-order valence-corrected chi connectivity index (χ3v) is 3.67. The first-order valence-corrected chi connectivity index (χ1v) is 5.79. The predicted octanol–water partition coefficient (Wildman–Crippen LogP) is 0.422. The Morgan fingerprint density at radius 2 is 2.40 bits per heavy atom. The van der Waals surface area contributed by atoms with Crippen LogP contribution in [0.1, 0.15) is 33.1 Å². The number of nitrogens with one attached hydrogen (secondary N) is 2. The van der Waals surface area contributed by atoms with Crippen molar-refractivity contribution in [2.75, 3.05) is 13.2 Å². The van der Waals surface area contributed by atoms with Gasteiger partial charge in [-0.3, -0.25) is 4.79 Å². The van der Waals surface area contributed by atoms with Gasteiger partial charge in [-0.1, -0.05) is 0 Å². The molecule has 3 atom stereocenters. The Balaban J connectivity index is 1.92. The number of carbonyl (C=O) groups is 1. The number of carbonyl (C=O) groups excluding carboxylic acids is 1. The summed E-state index contributed by atoms with van der Waals surface area (Å²) in [5.41, 5.74) is -0.179. The second-order valence-electron chi connectivity index (χ2n) is 4.82. The first-order chi connectivity index (χ1) is 7.12. The van der Waals surface area contributed by atoms with Crippen LogP contribution < -0.4 is 10.6 Å². The average Bonchev–Trinajstić information content (AvgIpc) is 2.78. The lowest BCUT2D eigenvalue weighted by Crippen LogP contribution is -2.55. The SMILES string of the molecule is CC1OCCC1(C)NC(=O)[C@H]1CCCN1. The average molecular weight is 212 g/mol. The van der Waals surface area contributed by atoms with Crippen molar-refractivity contribution in [3.63, 3.8) is 0 Å². The molecule has 0 aromatic heterocycles. The normalized spacial score (nSPS) is 40.7. The standard InChI is InChI=1S/C11H20N2O2/c1-8-11(2,5-7-15-8)13-10(14)9-4-3-6-12-9/h8-9,12H,3-7H2,1-2H3,(H,13,14)/t8?,9-,11?/m1/s1. The van der Waals surface area contributed by atoms with Crippen molar-refractivity contribution in [1.29, 1.82) is 0 Å². The summed E-state index contributed by atoms with van der Waals surface area (Å²) in [5, 5.41) is 6.33. The van der Waals surface area contributed by atoms with Gasteiger partial charge in [0.15, 0.2) is 0 Å².